The maximum atomic E-state index is 12.5. The summed E-state index contributed by atoms with van der Waals surface area (Å²) in [5.74, 6) is 0.408. The van der Waals surface area contributed by atoms with Crippen molar-refractivity contribution < 1.29 is 117 Å². The minimum atomic E-state index is -1.17. The van der Waals surface area contributed by atoms with Gasteiger partial charge in [-0.15, -0.1) is 0 Å². The van der Waals surface area contributed by atoms with Crippen molar-refractivity contribution in [1.29, 1.82) is 0 Å². The van der Waals surface area contributed by atoms with Crippen LogP contribution in [0.15, 0.2) is 60.7 Å². The quantitative estimate of drug-likeness (QED) is 0.290. The summed E-state index contributed by atoms with van der Waals surface area (Å²) in [5, 5.41) is 19.7. The summed E-state index contributed by atoms with van der Waals surface area (Å²) in [7, 11) is 0. The normalized spacial score (nSPS) is 14.1. The van der Waals surface area contributed by atoms with Crippen molar-refractivity contribution in [1.82, 2.24) is 0 Å². The Morgan fingerprint density at radius 1 is 0.750 bits per heavy atom. The zero-order valence-electron chi connectivity index (χ0n) is 18.9. The molecule has 0 saturated heterocycles. The van der Waals surface area contributed by atoms with Crippen LogP contribution in [-0.2, 0) is 10.3 Å². The third-order valence-electron chi connectivity index (χ3n) is 4.68. The number of phenols is 2. The van der Waals surface area contributed by atoms with E-state index in [1.165, 1.54) is 24.3 Å². The standard InChI is InChI=1S/C20H12O5.3Na.3H/c21-11-5-7-15-17(9-11)24-18-10-12(22)6-8-16(18)20(15)14-4-2-1-3-13(14)19(23)25-20;;;;;;/h1-10,21-22H;;;;;;/q;3*+1;3*-1. The van der Waals surface area contributed by atoms with Gasteiger partial charge >= 0.3 is 94.6 Å². The monoisotopic (exact) mass is 404 g/mol. The van der Waals surface area contributed by atoms with Crippen molar-refractivity contribution in [2.75, 3.05) is 0 Å². The third-order valence-corrected chi connectivity index (χ3v) is 4.68. The fourth-order valence-electron chi connectivity index (χ4n) is 3.65. The molecule has 28 heavy (non-hydrogen) atoms. The van der Waals surface area contributed by atoms with Crippen LogP contribution >= 0.6 is 0 Å². The summed E-state index contributed by atoms with van der Waals surface area (Å²) in [6, 6.07) is 16.6. The molecular formula is C20H15Na3O5. The Morgan fingerprint density at radius 3 is 1.86 bits per heavy atom. The zero-order chi connectivity index (χ0) is 17.2. The number of fused-ring (bicyclic) bond motifs is 6. The van der Waals surface area contributed by atoms with Gasteiger partial charge in [-0.05, 0) is 30.3 Å². The van der Waals surface area contributed by atoms with Gasteiger partial charge in [-0.2, -0.15) is 0 Å². The number of rotatable bonds is 0. The predicted octanol–water partition coefficient (Wildman–Crippen LogP) is -4.98. The molecule has 0 bridgehead atoms. The van der Waals surface area contributed by atoms with Gasteiger partial charge in [0.1, 0.15) is 23.0 Å². The molecule has 2 aliphatic rings. The topological polar surface area (TPSA) is 76.0 Å². The predicted molar refractivity (Wildman–Crippen MR) is 91.4 cm³/mol. The van der Waals surface area contributed by atoms with E-state index in [0.29, 0.717) is 33.8 Å². The third kappa shape index (κ3) is 3.37. The Hall–Kier alpha value is -0.470. The number of hydrogen-bond donors (Lipinski definition) is 2. The van der Waals surface area contributed by atoms with Crippen molar-refractivity contribution in [2.45, 2.75) is 5.60 Å². The minimum Gasteiger partial charge on any atom is -1.00 e. The second kappa shape index (κ2) is 8.72. The largest absolute Gasteiger partial charge is 1.00 e. The van der Waals surface area contributed by atoms with Crippen LogP contribution < -0.4 is 93.4 Å². The number of carbonyl (C=O) groups is 1. The Kier molecular flexibility index (Phi) is 7.41. The Labute approximate surface area is 232 Å². The summed E-state index contributed by atoms with van der Waals surface area (Å²) in [6.07, 6.45) is 0. The fraction of sp³-hybridized carbons (Fsp3) is 0.0500. The Morgan fingerprint density at radius 2 is 1.29 bits per heavy atom. The van der Waals surface area contributed by atoms with Gasteiger partial charge in [0.2, 0.25) is 0 Å². The van der Waals surface area contributed by atoms with Crippen LogP contribution in [0.2, 0.25) is 0 Å². The van der Waals surface area contributed by atoms with Crippen molar-refractivity contribution >= 4 is 5.97 Å². The second-order valence-corrected chi connectivity index (χ2v) is 6.08. The molecular weight excluding hydrogens is 389 g/mol. The van der Waals surface area contributed by atoms with Crippen molar-refractivity contribution in [2.24, 2.45) is 0 Å². The van der Waals surface area contributed by atoms with E-state index in [-0.39, 0.29) is 104 Å². The Balaban J connectivity index is 0. The van der Waals surface area contributed by atoms with Gasteiger partial charge in [-0.25, -0.2) is 4.79 Å². The number of aromatic hydroxyl groups is 2. The van der Waals surface area contributed by atoms with Crippen LogP contribution in [0.4, 0.5) is 0 Å². The van der Waals surface area contributed by atoms with Gasteiger partial charge in [0.05, 0.1) is 5.56 Å². The molecule has 2 N–H and O–H groups in total. The molecule has 2 aliphatic heterocycles. The first-order valence-electron chi connectivity index (χ1n) is 7.77. The number of benzene rings is 3. The summed E-state index contributed by atoms with van der Waals surface area (Å²) in [6.45, 7) is 0. The molecule has 0 unspecified atom stereocenters. The number of hydrogen-bond acceptors (Lipinski definition) is 5. The first-order chi connectivity index (χ1) is 12.1. The summed E-state index contributed by atoms with van der Waals surface area (Å²) >= 11 is 0. The van der Waals surface area contributed by atoms with Crippen molar-refractivity contribution in [3.8, 4) is 23.0 Å². The summed E-state index contributed by atoms with van der Waals surface area (Å²) < 4.78 is 11.8. The van der Waals surface area contributed by atoms with E-state index in [1.807, 2.05) is 12.1 Å². The second-order valence-electron chi connectivity index (χ2n) is 6.08. The van der Waals surface area contributed by atoms with Gasteiger partial charge < -0.3 is 24.0 Å². The number of ether oxygens (including phenoxy) is 2. The van der Waals surface area contributed by atoms with Crippen molar-refractivity contribution in [3.63, 3.8) is 0 Å². The maximum Gasteiger partial charge on any atom is 1.00 e. The van der Waals surface area contributed by atoms with E-state index in [0.717, 1.165) is 0 Å². The van der Waals surface area contributed by atoms with E-state index < -0.39 is 11.6 Å². The van der Waals surface area contributed by atoms with Crippen molar-refractivity contribution in [3.05, 3.63) is 82.9 Å². The molecule has 3 aromatic rings. The first kappa shape index (κ1) is 23.8. The van der Waals surface area contributed by atoms with E-state index in [4.69, 9.17) is 9.47 Å². The van der Waals surface area contributed by atoms with Gasteiger partial charge in [0.15, 0.2) is 5.60 Å². The van der Waals surface area contributed by atoms with Crippen LogP contribution in [0.25, 0.3) is 0 Å². The molecule has 0 radical (unpaired) electrons. The average Bonchev–Trinajstić information content (AvgIpc) is 2.88. The fourth-order valence-corrected chi connectivity index (χ4v) is 3.65. The SMILES string of the molecule is O=C1OC2(c3ccc(O)cc3Oc3cc(O)ccc32)c2ccccc21.[H-].[H-].[H-].[Na+].[Na+].[Na+]. The van der Waals surface area contributed by atoms with Crippen LogP contribution in [0.5, 0.6) is 23.0 Å². The first-order valence-corrected chi connectivity index (χ1v) is 7.77. The number of phenolic OH excluding ortho intramolecular Hbond substituents is 2. The Bertz CT molecular complexity index is 1030. The molecule has 8 heteroatoms. The molecule has 1 spiro atoms. The van der Waals surface area contributed by atoms with Crippen LogP contribution in [0, 0.1) is 0 Å². The summed E-state index contributed by atoms with van der Waals surface area (Å²) in [5.41, 5.74) is 1.28. The molecule has 0 aromatic heterocycles. The van der Waals surface area contributed by atoms with E-state index >= 15 is 0 Å². The number of esters is 1. The molecule has 3 aromatic carbocycles. The molecule has 5 rings (SSSR count). The van der Waals surface area contributed by atoms with Crippen LogP contribution in [0.1, 0.15) is 31.3 Å². The van der Waals surface area contributed by atoms with E-state index in [9.17, 15) is 15.0 Å². The smallest absolute Gasteiger partial charge is 1.00 e. The molecule has 2 heterocycles. The maximum absolute atomic E-state index is 12.5. The van der Waals surface area contributed by atoms with Crippen LogP contribution in [-0.4, -0.2) is 16.2 Å². The summed E-state index contributed by atoms with van der Waals surface area (Å²) in [4.78, 5) is 12.5. The van der Waals surface area contributed by atoms with Crippen LogP contribution in [0.3, 0.4) is 0 Å². The molecule has 0 aliphatic carbocycles. The molecule has 0 atom stereocenters. The molecule has 0 fully saturated rings. The van der Waals surface area contributed by atoms with Gasteiger partial charge in [0.25, 0.3) is 0 Å². The van der Waals surface area contributed by atoms with E-state index in [2.05, 4.69) is 0 Å². The zero-order valence-corrected chi connectivity index (χ0v) is 21.9. The van der Waals surface area contributed by atoms with E-state index in [1.54, 1.807) is 24.3 Å². The average molecular weight is 404 g/mol. The molecule has 0 saturated carbocycles. The van der Waals surface area contributed by atoms with Gasteiger partial charge in [-0.1, -0.05) is 18.2 Å². The van der Waals surface area contributed by atoms with Gasteiger partial charge in [0, 0.05) is 28.8 Å². The molecule has 0 amide bonds. The molecule has 5 nitrogen and oxygen atoms in total. The molecule has 128 valence electrons. The van der Waals surface area contributed by atoms with Gasteiger partial charge in [-0.3, -0.25) is 0 Å². The minimum absolute atomic E-state index is 0. The number of carbonyl (C=O) groups excluding carboxylic acids is 1.